The normalized spacial score (nSPS) is 18.4. The number of imidazole rings is 1. The molecule has 5 nitrogen and oxygen atoms in total. The van der Waals surface area contributed by atoms with E-state index >= 15 is 0 Å². The Morgan fingerprint density at radius 1 is 1.24 bits per heavy atom. The van der Waals surface area contributed by atoms with Gasteiger partial charge in [-0.3, -0.25) is 4.57 Å². The number of nitrogens with one attached hydrogen (secondary N) is 1. The van der Waals surface area contributed by atoms with Gasteiger partial charge in [-0.25, -0.2) is 15.0 Å². The molecule has 1 saturated heterocycles. The lowest BCUT2D eigenvalue weighted by molar-refractivity contribution is 0.621. The van der Waals surface area contributed by atoms with Crippen molar-refractivity contribution in [1.82, 2.24) is 24.8 Å². The van der Waals surface area contributed by atoms with Gasteiger partial charge in [0.15, 0.2) is 0 Å². The molecule has 0 unspecified atom stereocenters. The van der Waals surface area contributed by atoms with Gasteiger partial charge in [-0.15, -0.1) is 0 Å². The molecule has 0 aliphatic carbocycles. The van der Waals surface area contributed by atoms with Crippen LogP contribution in [-0.4, -0.2) is 26.1 Å². The molecular weight excluding hydrogens is 262 g/mol. The highest BCUT2D eigenvalue weighted by molar-refractivity contribution is 5.76. The third-order valence-electron chi connectivity index (χ3n) is 3.96. The van der Waals surface area contributed by atoms with Crippen LogP contribution in [0.5, 0.6) is 0 Å². The van der Waals surface area contributed by atoms with Crippen LogP contribution in [-0.2, 0) is 0 Å². The molecule has 5 heteroatoms. The summed E-state index contributed by atoms with van der Waals surface area (Å²) in [5, 5.41) is 3.49. The lowest BCUT2D eigenvalue weighted by Crippen LogP contribution is -2.16. The highest BCUT2D eigenvalue weighted by Crippen LogP contribution is 2.24. The quantitative estimate of drug-likeness (QED) is 0.783. The maximum atomic E-state index is 4.60. The number of aryl methyl sites for hydroxylation is 1. The van der Waals surface area contributed by atoms with E-state index in [-0.39, 0.29) is 0 Å². The number of nitrogens with zero attached hydrogens (tertiary/aromatic N) is 4. The van der Waals surface area contributed by atoms with Crippen LogP contribution in [0.25, 0.3) is 16.9 Å². The molecule has 1 aliphatic heterocycles. The van der Waals surface area contributed by atoms with Crippen LogP contribution >= 0.6 is 0 Å². The molecular formula is C16H17N5. The molecule has 1 fully saturated rings. The molecule has 0 amide bonds. The van der Waals surface area contributed by atoms with Crippen molar-refractivity contribution in [1.29, 1.82) is 0 Å². The second-order valence-electron chi connectivity index (χ2n) is 5.45. The van der Waals surface area contributed by atoms with E-state index < -0.39 is 0 Å². The Labute approximate surface area is 123 Å². The van der Waals surface area contributed by atoms with Gasteiger partial charge in [-0.2, -0.15) is 0 Å². The van der Waals surface area contributed by atoms with Crippen LogP contribution in [0.1, 0.15) is 30.4 Å². The van der Waals surface area contributed by atoms with Crippen LogP contribution in [0.2, 0.25) is 0 Å². The molecule has 0 bridgehead atoms. The van der Waals surface area contributed by atoms with Crippen molar-refractivity contribution in [2.75, 3.05) is 6.54 Å². The molecule has 1 N–H and O–H groups in total. The fourth-order valence-electron chi connectivity index (χ4n) is 2.96. The zero-order chi connectivity index (χ0) is 14.2. The van der Waals surface area contributed by atoms with Crippen molar-refractivity contribution >= 4 is 11.0 Å². The second-order valence-corrected chi connectivity index (χ2v) is 5.45. The number of aromatic nitrogens is 4. The SMILES string of the molecule is Cc1nc([C@@H]2CCCN2)cc(-n2cnc3ccccc32)n1. The predicted molar refractivity (Wildman–Crippen MR) is 81.4 cm³/mol. The second kappa shape index (κ2) is 4.93. The minimum Gasteiger partial charge on any atom is -0.309 e. The molecule has 1 aliphatic rings. The topological polar surface area (TPSA) is 55.6 Å². The zero-order valence-electron chi connectivity index (χ0n) is 12.0. The molecule has 0 saturated carbocycles. The average molecular weight is 279 g/mol. The molecule has 106 valence electrons. The van der Waals surface area contributed by atoms with Gasteiger partial charge in [0.25, 0.3) is 0 Å². The lowest BCUT2D eigenvalue weighted by Gasteiger charge is -2.12. The van der Waals surface area contributed by atoms with Crippen LogP contribution < -0.4 is 5.32 Å². The van der Waals surface area contributed by atoms with Crippen molar-refractivity contribution in [3.63, 3.8) is 0 Å². The summed E-state index contributed by atoms with van der Waals surface area (Å²) < 4.78 is 2.03. The first kappa shape index (κ1) is 12.5. The van der Waals surface area contributed by atoms with E-state index in [0.717, 1.165) is 41.3 Å². The minimum atomic E-state index is 0.347. The number of para-hydroxylation sites is 2. The Balaban J connectivity index is 1.84. The monoisotopic (exact) mass is 279 g/mol. The highest BCUT2D eigenvalue weighted by atomic mass is 15.1. The van der Waals surface area contributed by atoms with Gasteiger partial charge in [0.1, 0.15) is 18.0 Å². The minimum absolute atomic E-state index is 0.347. The Hall–Kier alpha value is -2.27. The molecule has 21 heavy (non-hydrogen) atoms. The van der Waals surface area contributed by atoms with Crippen molar-refractivity contribution in [3.8, 4) is 5.82 Å². The van der Waals surface area contributed by atoms with Crippen molar-refractivity contribution in [2.45, 2.75) is 25.8 Å². The van der Waals surface area contributed by atoms with E-state index in [0.29, 0.717) is 6.04 Å². The number of hydrogen-bond acceptors (Lipinski definition) is 4. The Kier molecular flexibility index (Phi) is 2.93. The summed E-state index contributed by atoms with van der Waals surface area (Å²) in [6.07, 6.45) is 4.18. The Bertz CT molecular complexity index is 786. The maximum absolute atomic E-state index is 4.60. The Morgan fingerprint density at radius 3 is 3.00 bits per heavy atom. The van der Waals surface area contributed by atoms with Crippen molar-refractivity contribution < 1.29 is 0 Å². The van der Waals surface area contributed by atoms with Crippen LogP contribution in [0.4, 0.5) is 0 Å². The summed E-state index contributed by atoms with van der Waals surface area (Å²) in [4.78, 5) is 13.6. The molecule has 2 aromatic heterocycles. The number of hydrogen-bond donors (Lipinski definition) is 1. The molecule has 1 aromatic carbocycles. The summed E-state index contributed by atoms with van der Waals surface area (Å²) >= 11 is 0. The van der Waals surface area contributed by atoms with Gasteiger partial charge < -0.3 is 5.32 Å². The standard InChI is InChI=1S/C16H17N5/c1-11-19-14(12-6-4-8-17-12)9-16(20-11)21-10-18-13-5-2-3-7-15(13)21/h2-3,5,7,9-10,12,17H,4,6,8H2,1H3/t12-/m0/s1. The summed E-state index contributed by atoms with van der Waals surface area (Å²) in [5.74, 6) is 1.69. The van der Waals surface area contributed by atoms with E-state index in [9.17, 15) is 0 Å². The molecule has 0 spiro atoms. The summed E-state index contributed by atoms with van der Waals surface area (Å²) in [6.45, 7) is 3.01. The number of benzene rings is 1. The third-order valence-corrected chi connectivity index (χ3v) is 3.96. The molecule has 3 heterocycles. The van der Waals surface area contributed by atoms with E-state index in [2.05, 4.69) is 32.4 Å². The molecule has 0 radical (unpaired) electrons. The third kappa shape index (κ3) is 2.19. The summed E-state index contributed by atoms with van der Waals surface area (Å²) in [6, 6.07) is 10.5. The van der Waals surface area contributed by atoms with Gasteiger partial charge >= 0.3 is 0 Å². The largest absolute Gasteiger partial charge is 0.309 e. The van der Waals surface area contributed by atoms with Gasteiger partial charge in [-0.1, -0.05) is 12.1 Å². The molecule has 4 rings (SSSR count). The maximum Gasteiger partial charge on any atom is 0.142 e. The van der Waals surface area contributed by atoms with Crippen LogP contribution in [0.15, 0.2) is 36.7 Å². The van der Waals surface area contributed by atoms with Gasteiger partial charge in [0.05, 0.1) is 16.7 Å². The first-order valence-electron chi connectivity index (χ1n) is 7.33. The first-order valence-corrected chi connectivity index (χ1v) is 7.33. The summed E-state index contributed by atoms with van der Waals surface area (Å²) in [7, 11) is 0. The highest BCUT2D eigenvalue weighted by Gasteiger charge is 2.19. The average Bonchev–Trinajstić information content (AvgIpc) is 3.16. The van der Waals surface area contributed by atoms with E-state index in [4.69, 9.17) is 0 Å². The molecule has 3 aromatic rings. The first-order chi connectivity index (χ1) is 10.3. The van der Waals surface area contributed by atoms with Crippen LogP contribution in [0, 0.1) is 6.92 Å². The number of rotatable bonds is 2. The van der Waals surface area contributed by atoms with E-state index in [1.54, 1.807) is 0 Å². The predicted octanol–water partition coefficient (Wildman–Crippen LogP) is 2.55. The van der Waals surface area contributed by atoms with E-state index in [1.165, 1.54) is 6.42 Å². The molecule has 1 atom stereocenters. The smallest absolute Gasteiger partial charge is 0.142 e. The van der Waals surface area contributed by atoms with Gasteiger partial charge in [-0.05, 0) is 38.4 Å². The Morgan fingerprint density at radius 2 is 2.14 bits per heavy atom. The van der Waals surface area contributed by atoms with Gasteiger partial charge in [0.2, 0.25) is 0 Å². The zero-order valence-corrected chi connectivity index (χ0v) is 12.0. The lowest BCUT2D eigenvalue weighted by atomic mass is 10.1. The van der Waals surface area contributed by atoms with Gasteiger partial charge in [0, 0.05) is 12.1 Å². The van der Waals surface area contributed by atoms with E-state index in [1.807, 2.05) is 36.0 Å². The fourth-order valence-corrected chi connectivity index (χ4v) is 2.96. The fraction of sp³-hybridized carbons (Fsp3) is 0.312. The summed E-state index contributed by atoms with van der Waals surface area (Å²) in [5.41, 5.74) is 3.13. The number of fused-ring (bicyclic) bond motifs is 1. The van der Waals surface area contributed by atoms with Crippen molar-refractivity contribution in [3.05, 3.63) is 48.2 Å². The van der Waals surface area contributed by atoms with Crippen LogP contribution in [0.3, 0.4) is 0 Å². The van der Waals surface area contributed by atoms with Crippen molar-refractivity contribution in [2.24, 2.45) is 0 Å².